The Morgan fingerprint density at radius 3 is 2.21 bits per heavy atom. The van der Waals surface area contributed by atoms with Crippen molar-refractivity contribution in [2.45, 2.75) is 45.6 Å². The highest BCUT2D eigenvalue weighted by Gasteiger charge is 2.22. The smallest absolute Gasteiger partial charge is 0.326 e. The first-order chi connectivity index (χ1) is 8.82. The van der Waals surface area contributed by atoms with E-state index in [9.17, 15) is 14.4 Å². The number of carboxylic acids is 2. The predicted molar refractivity (Wildman–Crippen MR) is 68.9 cm³/mol. The fraction of sp³-hybridized carbons (Fsp3) is 0.750. The Labute approximate surface area is 112 Å². The Morgan fingerprint density at radius 1 is 1.11 bits per heavy atom. The number of carboxylic acid groups (broad SMARTS) is 2. The van der Waals surface area contributed by atoms with Gasteiger partial charge in [0.2, 0.25) is 0 Å². The van der Waals surface area contributed by atoms with Gasteiger partial charge in [0, 0.05) is 6.54 Å². The molecule has 4 N–H and O–H groups in total. The van der Waals surface area contributed by atoms with E-state index >= 15 is 0 Å². The summed E-state index contributed by atoms with van der Waals surface area (Å²) in [5.41, 5.74) is 0. The molecule has 0 aromatic rings. The molecule has 0 radical (unpaired) electrons. The molecule has 0 aromatic heterocycles. The molecule has 0 aromatic carbocycles. The average molecular weight is 274 g/mol. The lowest BCUT2D eigenvalue weighted by Gasteiger charge is -2.13. The zero-order valence-corrected chi connectivity index (χ0v) is 11.3. The maximum Gasteiger partial charge on any atom is 0.326 e. The van der Waals surface area contributed by atoms with Crippen LogP contribution in [0, 0.1) is 5.92 Å². The second-order valence-electron chi connectivity index (χ2n) is 4.78. The molecule has 110 valence electrons. The van der Waals surface area contributed by atoms with Crippen molar-refractivity contribution in [3.63, 3.8) is 0 Å². The summed E-state index contributed by atoms with van der Waals surface area (Å²) in [6, 6.07) is -2.06. The summed E-state index contributed by atoms with van der Waals surface area (Å²) in [5.74, 6) is -2.03. The van der Waals surface area contributed by atoms with Crippen molar-refractivity contribution in [1.82, 2.24) is 10.6 Å². The van der Waals surface area contributed by atoms with E-state index in [1.165, 1.54) is 0 Å². The minimum atomic E-state index is -1.41. The lowest BCUT2D eigenvalue weighted by molar-refractivity contribution is -0.145. The van der Waals surface area contributed by atoms with Crippen molar-refractivity contribution in [2.24, 2.45) is 5.92 Å². The van der Waals surface area contributed by atoms with Crippen LogP contribution in [-0.2, 0) is 9.59 Å². The van der Waals surface area contributed by atoms with Crippen molar-refractivity contribution in [3.05, 3.63) is 0 Å². The molecule has 0 bridgehead atoms. The normalized spacial score (nSPS) is 11.9. The van der Waals surface area contributed by atoms with Crippen molar-refractivity contribution in [2.75, 3.05) is 6.54 Å². The number of urea groups is 1. The molecule has 7 heteroatoms. The number of amides is 2. The van der Waals surface area contributed by atoms with E-state index in [-0.39, 0.29) is 0 Å². The first-order valence-electron chi connectivity index (χ1n) is 6.32. The van der Waals surface area contributed by atoms with E-state index in [2.05, 4.69) is 24.5 Å². The van der Waals surface area contributed by atoms with Crippen molar-refractivity contribution in [1.29, 1.82) is 0 Å². The third kappa shape index (κ3) is 9.87. The number of carbonyl (C=O) groups excluding carboxylic acids is 1. The van der Waals surface area contributed by atoms with Crippen LogP contribution in [0.15, 0.2) is 0 Å². The third-order valence-corrected chi connectivity index (χ3v) is 2.48. The van der Waals surface area contributed by atoms with Gasteiger partial charge in [-0.1, -0.05) is 26.7 Å². The van der Waals surface area contributed by atoms with Gasteiger partial charge in [-0.15, -0.1) is 0 Å². The second kappa shape index (κ2) is 9.18. The van der Waals surface area contributed by atoms with Crippen LogP contribution < -0.4 is 10.6 Å². The molecule has 1 atom stereocenters. The lowest BCUT2D eigenvalue weighted by Crippen LogP contribution is -2.47. The number of carbonyl (C=O) groups is 3. The van der Waals surface area contributed by atoms with Crippen LogP contribution in [0.1, 0.15) is 39.5 Å². The van der Waals surface area contributed by atoms with Gasteiger partial charge in [0.1, 0.15) is 6.04 Å². The van der Waals surface area contributed by atoms with Gasteiger partial charge in [-0.3, -0.25) is 4.79 Å². The number of hydrogen-bond donors (Lipinski definition) is 4. The van der Waals surface area contributed by atoms with Gasteiger partial charge in [-0.2, -0.15) is 0 Å². The summed E-state index contributed by atoms with van der Waals surface area (Å²) in [6.45, 7) is 4.67. The van der Waals surface area contributed by atoms with E-state index in [1.54, 1.807) is 0 Å². The molecular weight excluding hydrogens is 252 g/mol. The highest BCUT2D eigenvalue weighted by Crippen LogP contribution is 2.04. The second-order valence-corrected chi connectivity index (χ2v) is 4.78. The maximum absolute atomic E-state index is 11.4. The summed E-state index contributed by atoms with van der Waals surface area (Å²) < 4.78 is 0. The molecule has 0 aliphatic heterocycles. The number of aliphatic carboxylic acids is 2. The summed E-state index contributed by atoms with van der Waals surface area (Å²) >= 11 is 0. The van der Waals surface area contributed by atoms with Crippen molar-refractivity contribution < 1.29 is 24.6 Å². The number of hydrogen-bond acceptors (Lipinski definition) is 3. The predicted octanol–water partition coefficient (Wildman–Crippen LogP) is 1.04. The molecule has 0 fully saturated rings. The molecule has 0 aliphatic carbocycles. The van der Waals surface area contributed by atoms with Gasteiger partial charge in [0.15, 0.2) is 0 Å². The summed E-state index contributed by atoms with van der Waals surface area (Å²) in [7, 11) is 0. The first-order valence-corrected chi connectivity index (χ1v) is 6.32. The maximum atomic E-state index is 11.4. The van der Waals surface area contributed by atoms with Crippen LogP contribution in [0.25, 0.3) is 0 Å². The van der Waals surface area contributed by atoms with E-state index < -0.39 is 30.4 Å². The molecule has 7 nitrogen and oxygen atoms in total. The third-order valence-electron chi connectivity index (χ3n) is 2.48. The SMILES string of the molecule is CC(C)CCCCNC(=O)N[C@@H](CC(=O)O)C(=O)O. The quantitative estimate of drug-likeness (QED) is 0.469. The van der Waals surface area contributed by atoms with Crippen LogP contribution in [0.5, 0.6) is 0 Å². The standard InChI is InChI=1S/C12H22N2O5/c1-8(2)5-3-4-6-13-12(19)14-9(11(17)18)7-10(15)16/h8-9H,3-7H2,1-2H3,(H,15,16)(H,17,18)(H2,13,14,19)/t9-/m0/s1. The first kappa shape index (κ1) is 17.2. The van der Waals surface area contributed by atoms with Crippen molar-refractivity contribution >= 4 is 18.0 Å². The fourth-order valence-corrected chi connectivity index (χ4v) is 1.46. The molecule has 0 aliphatic rings. The highest BCUT2D eigenvalue weighted by molar-refractivity contribution is 5.86. The van der Waals surface area contributed by atoms with Gasteiger partial charge < -0.3 is 20.8 Å². The monoisotopic (exact) mass is 274 g/mol. The van der Waals surface area contributed by atoms with Gasteiger partial charge in [0.05, 0.1) is 6.42 Å². The Morgan fingerprint density at radius 2 is 1.74 bits per heavy atom. The number of unbranched alkanes of at least 4 members (excludes halogenated alkanes) is 1. The Balaban J connectivity index is 3.87. The molecule has 0 saturated carbocycles. The molecule has 0 heterocycles. The summed E-state index contributed by atoms with van der Waals surface area (Å²) in [6.07, 6.45) is 2.22. The molecule has 0 rings (SSSR count). The van der Waals surface area contributed by atoms with Crippen LogP contribution in [0.3, 0.4) is 0 Å². The molecular formula is C12H22N2O5. The summed E-state index contributed by atoms with van der Waals surface area (Å²) in [5, 5.41) is 21.9. The van der Waals surface area contributed by atoms with E-state index in [4.69, 9.17) is 10.2 Å². The summed E-state index contributed by atoms with van der Waals surface area (Å²) in [4.78, 5) is 32.5. The van der Waals surface area contributed by atoms with E-state index in [1.807, 2.05) is 0 Å². The van der Waals surface area contributed by atoms with E-state index in [0.717, 1.165) is 19.3 Å². The van der Waals surface area contributed by atoms with Crippen LogP contribution in [0.2, 0.25) is 0 Å². The van der Waals surface area contributed by atoms with Gasteiger partial charge in [0.25, 0.3) is 0 Å². The lowest BCUT2D eigenvalue weighted by atomic mass is 10.1. The fourth-order valence-electron chi connectivity index (χ4n) is 1.46. The number of nitrogens with one attached hydrogen (secondary N) is 2. The average Bonchev–Trinajstić information content (AvgIpc) is 2.26. The zero-order chi connectivity index (χ0) is 14.8. The zero-order valence-electron chi connectivity index (χ0n) is 11.3. The molecule has 0 saturated heterocycles. The van der Waals surface area contributed by atoms with Gasteiger partial charge >= 0.3 is 18.0 Å². The van der Waals surface area contributed by atoms with Crippen LogP contribution in [-0.4, -0.2) is 40.8 Å². The van der Waals surface area contributed by atoms with Gasteiger partial charge in [-0.25, -0.2) is 9.59 Å². The number of rotatable bonds is 9. The largest absolute Gasteiger partial charge is 0.481 e. The minimum Gasteiger partial charge on any atom is -0.481 e. The topological polar surface area (TPSA) is 116 Å². The van der Waals surface area contributed by atoms with Crippen LogP contribution >= 0.6 is 0 Å². The van der Waals surface area contributed by atoms with E-state index in [0.29, 0.717) is 12.5 Å². The molecule has 19 heavy (non-hydrogen) atoms. The molecule has 0 unspecified atom stereocenters. The molecule has 0 spiro atoms. The Bertz CT molecular complexity index is 317. The molecule has 2 amide bonds. The minimum absolute atomic E-state index is 0.442. The highest BCUT2D eigenvalue weighted by atomic mass is 16.4. The van der Waals surface area contributed by atoms with Crippen molar-refractivity contribution in [3.8, 4) is 0 Å². The van der Waals surface area contributed by atoms with Gasteiger partial charge in [-0.05, 0) is 12.3 Å². The Hall–Kier alpha value is -1.79. The van der Waals surface area contributed by atoms with Crippen LogP contribution in [0.4, 0.5) is 4.79 Å². The Kier molecular flexibility index (Phi) is 8.32.